The number of hydrogen-bond donors (Lipinski definition) is 1. The quantitative estimate of drug-likeness (QED) is 0.912. The molecule has 3 rings (SSSR count). The fourth-order valence-electron chi connectivity index (χ4n) is 2.70. The molecule has 0 atom stereocenters. The maximum atomic E-state index is 12.5. The van der Waals surface area contributed by atoms with Gasteiger partial charge in [0.05, 0.1) is 24.1 Å². The third kappa shape index (κ3) is 2.92. The minimum Gasteiger partial charge on any atom is -0.469 e. The Labute approximate surface area is 136 Å². The van der Waals surface area contributed by atoms with Crippen molar-refractivity contribution in [2.45, 2.75) is 19.8 Å². The molecule has 0 bridgehead atoms. The van der Waals surface area contributed by atoms with Crippen LogP contribution in [0.3, 0.4) is 0 Å². The minimum atomic E-state index is -0.161. The molecule has 2 heterocycles. The Morgan fingerprint density at radius 3 is 2.91 bits per heavy atom. The van der Waals surface area contributed by atoms with Crippen LogP contribution < -0.4 is 10.2 Å². The zero-order valence-corrected chi connectivity index (χ0v) is 13.6. The van der Waals surface area contributed by atoms with E-state index in [1.165, 1.54) is 6.92 Å². The van der Waals surface area contributed by atoms with Crippen molar-refractivity contribution in [2.75, 3.05) is 16.8 Å². The number of rotatable bonds is 3. The molecular formula is C16H15BrN2O3. The predicted octanol–water partition coefficient (Wildman–Crippen LogP) is 3.13. The standard InChI is InChI=1S/C16H15BrN2O3/c1-10(20)18-14-8-12(17)7-11-4-5-19(16(11)14)15(21)9-13-3-2-6-22-13/h2-3,6-8H,4-5,9H2,1H3,(H,18,20). The van der Waals surface area contributed by atoms with E-state index in [0.717, 1.165) is 22.1 Å². The van der Waals surface area contributed by atoms with Crippen LogP contribution in [-0.2, 0) is 22.4 Å². The third-order valence-electron chi connectivity index (χ3n) is 3.55. The van der Waals surface area contributed by atoms with Crippen LogP contribution in [0.15, 0.2) is 39.4 Å². The van der Waals surface area contributed by atoms with E-state index >= 15 is 0 Å². The molecule has 1 aromatic carbocycles. The average molecular weight is 363 g/mol. The third-order valence-corrected chi connectivity index (χ3v) is 4.00. The molecule has 1 aromatic heterocycles. The number of benzene rings is 1. The Morgan fingerprint density at radius 2 is 2.23 bits per heavy atom. The van der Waals surface area contributed by atoms with Gasteiger partial charge in [0.25, 0.3) is 0 Å². The molecule has 114 valence electrons. The summed E-state index contributed by atoms with van der Waals surface area (Å²) < 4.78 is 6.13. The molecule has 0 saturated carbocycles. The van der Waals surface area contributed by atoms with Crippen molar-refractivity contribution in [3.05, 3.63) is 46.3 Å². The highest BCUT2D eigenvalue weighted by molar-refractivity contribution is 9.10. The number of furan rings is 1. The van der Waals surface area contributed by atoms with Crippen LogP contribution in [0, 0.1) is 0 Å². The summed E-state index contributed by atoms with van der Waals surface area (Å²) in [6.45, 7) is 2.06. The van der Waals surface area contributed by atoms with Gasteiger partial charge >= 0.3 is 0 Å². The van der Waals surface area contributed by atoms with Gasteiger partial charge in [-0.05, 0) is 36.2 Å². The van der Waals surface area contributed by atoms with Gasteiger partial charge in [-0.15, -0.1) is 0 Å². The van der Waals surface area contributed by atoms with Crippen molar-refractivity contribution < 1.29 is 14.0 Å². The number of halogens is 1. The molecule has 0 aliphatic carbocycles. The first kappa shape index (κ1) is 14.8. The SMILES string of the molecule is CC(=O)Nc1cc(Br)cc2c1N(C(=O)Cc1ccco1)CC2. The summed E-state index contributed by atoms with van der Waals surface area (Å²) in [4.78, 5) is 25.7. The molecule has 2 amide bonds. The van der Waals surface area contributed by atoms with Gasteiger partial charge in [0.1, 0.15) is 5.76 Å². The zero-order chi connectivity index (χ0) is 15.7. The van der Waals surface area contributed by atoms with Gasteiger partial charge in [0.2, 0.25) is 11.8 Å². The van der Waals surface area contributed by atoms with Crippen LogP contribution in [0.25, 0.3) is 0 Å². The Bertz CT molecular complexity index is 725. The fraction of sp³-hybridized carbons (Fsp3) is 0.250. The van der Waals surface area contributed by atoms with E-state index in [-0.39, 0.29) is 18.2 Å². The van der Waals surface area contributed by atoms with E-state index < -0.39 is 0 Å². The Hall–Kier alpha value is -2.08. The Morgan fingerprint density at radius 1 is 1.41 bits per heavy atom. The maximum Gasteiger partial charge on any atom is 0.234 e. The molecule has 22 heavy (non-hydrogen) atoms. The predicted molar refractivity (Wildman–Crippen MR) is 86.9 cm³/mol. The van der Waals surface area contributed by atoms with Gasteiger partial charge in [-0.2, -0.15) is 0 Å². The summed E-state index contributed by atoms with van der Waals surface area (Å²) in [5.41, 5.74) is 2.49. The summed E-state index contributed by atoms with van der Waals surface area (Å²) in [6.07, 6.45) is 2.54. The number of carbonyl (C=O) groups is 2. The summed E-state index contributed by atoms with van der Waals surface area (Å²) in [5, 5.41) is 2.80. The maximum absolute atomic E-state index is 12.5. The van der Waals surface area contributed by atoms with Gasteiger partial charge < -0.3 is 14.6 Å². The van der Waals surface area contributed by atoms with Crippen molar-refractivity contribution in [1.82, 2.24) is 0 Å². The van der Waals surface area contributed by atoms with Crippen LogP contribution in [-0.4, -0.2) is 18.4 Å². The van der Waals surface area contributed by atoms with Gasteiger partial charge in [0.15, 0.2) is 0 Å². The van der Waals surface area contributed by atoms with Gasteiger partial charge in [0, 0.05) is 17.9 Å². The zero-order valence-electron chi connectivity index (χ0n) is 12.1. The van der Waals surface area contributed by atoms with Crippen molar-refractivity contribution in [1.29, 1.82) is 0 Å². The lowest BCUT2D eigenvalue weighted by atomic mass is 10.1. The Kier molecular flexibility index (Phi) is 4.02. The lowest BCUT2D eigenvalue weighted by Gasteiger charge is -2.20. The summed E-state index contributed by atoms with van der Waals surface area (Å²) >= 11 is 3.44. The van der Waals surface area contributed by atoms with Gasteiger partial charge in [-0.3, -0.25) is 9.59 Å². The van der Waals surface area contributed by atoms with E-state index in [2.05, 4.69) is 21.2 Å². The molecule has 0 fully saturated rings. The van der Waals surface area contributed by atoms with Crippen LogP contribution in [0.5, 0.6) is 0 Å². The van der Waals surface area contributed by atoms with Crippen molar-refractivity contribution in [3.8, 4) is 0 Å². The van der Waals surface area contributed by atoms with Crippen LogP contribution in [0.1, 0.15) is 18.2 Å². The highest BCUT2D eigenvalue weighted by Gasteiger charge is 2.28. The number of fused-ring (bicyclic) bond motifs is 1. The van der Waals surface area contributed by atoms with E-state index in [0.29, 0.717) is 18.0 Å². The molecule has 0 saturated heterocycles. The number of nitrogens with zero attached hydrogens (tertiary/aromatic N) is 1. The number of anilines is 2. The Balaban J connectivity index is 1.92. The van der Waals surface area contributed by atoms with Crippen LogP contribution >= 0.6 is 15.9 Å². The molecule has 1 N–H and O–H groups in total. The molecule has 0 spiro atoms. The van der Waals surface area contributed by atoms with Crippen LogP contribution in [0.4, 0.5) is 11.4 Å². The van der Waals surface area contributed by atoms with Crippen molar-refractivity contribution in [2.24, 2.45) is 0 Å². The monoisotopic (exact) mass is 362 g/mol. The molecule has 1 aliphatic rings. The van der Waals surface area contributed by atoms with E-state index in [1.54, 1.807) is 23.3 Å². The molecule has 0 unspecified atom stereocenters. The largest absolute Gasteiger partial charge is 0.469 e. The summed E-state index contributed by atoms with van der Waals surface area (Å²) in [5.74, 6) is 0.435. The second-order valence-electron chi connectivity index (χ2n) is 5.19. The molecule has 2 aromatic rings. The molecule has 5 nitrogen and oxygen atoms in total. The molecule has 0 radical (unpaired) electrons. The molecule has 6 heteroatoms. The summed E-state index contributed by atoms with van der Waals surface area (Å²) in [6, 6.07) is 7.35. The van der Waals surface area contributed by atoms with Crippen LogP contribution in [0.2, 0.25) is 0 Å². The number of amides is 2. The van der Waals surface area contributed by atoms with Gasteiger partial charge in [-0.25, -0.2) is 0 Å². The highest BCUT2D eigenvalue weighted by atomic mass is 79.9. The fourth-order valence-corrected chi connectivity index (χ4v) is 3.21. The topological polar surface area (TPSA) is 62.6 Å². The van der Waals surface area contributed by atoms with Crippen molar-refractivity contribution in [3.63, 3.8) is 0 Å². The first-order valence-corrected chi connectivity index (χ1v) is 7.76. The lowest BCUT2D eigenvalue weighted by molar-refractivity contribution is -0.118. The lowest BCUT2D eigenvalue weighted by Crippen LogP contribution is -2.31. The van der Waals surface area contributed by atoms with E-state index in [4.69, 9.17) is 4.42 Å². The molecule has 1 aliphatic heterocycles. The van der Waals surface area contributed by atoms with Gasteiger partial charge in [-0.1, -0.05) is 15.9 Å². The summed E-state index contributed by atoms with van der Waals surface area (Å²) in [7, 11) is 0. The number of hydrogen-bond acceptors (Lipinski definition) is 3. The normalized spacial score (nSPS) is 13.1. The minimum absolute atomic E-state index is 0.0392. The first-order valence-electron chi connectivity index (χ1n) is 6.97. The second kappa shape index (κ2) is 5.96. The number of carbonyl (C=O) groups excluding carboxylic acids is 2. The first-order chi connectivity index (χ1) is 10.5. The van der Waals surface area contributed by atoms with Crippen molar-refractivity contribution >= 4 is 39.1 Å². The van der Waals surface area contributed by atoms with E-state index in [1.807, 2.05) is 12.1 Å². The second-order valence-corrected chi connectivity index (χ2v) is 6.11. The highest BCUT2D eigenvalue weighted by Crippen LogP contribution is 2.38. The average Bonchev–Trinajstić information content (AvgIpc) is 3.06. The smallest absolute Gasteiger partial charge is 0.234 e. The number of nitrogens with one attached hydrogen (secondary N) is 1. The molecular weight excluding hydrogens is 348 g/mol. The van der Waals surface area contributed by atoms with E-state index in [9.17, 15) is 9.59 Å².